The summed E-state index contributed by atoms with van der Waals surface area (Å²) in [6.07, 6.45) is 5.16. The quantitative estimate of drug-likeness (QED) is 0.801. The van der Waals surface area contributed by atoms with Crippen LogP contribution in [0.15, 0.2) is 18.2 Å². The van der Waals surface area contributed by atoms with Crippen molar-refractivity contribution in [2.24, 2.45) is 0 Å². The SMILES string of the molecule is Clc1ccc(C2CC3CCC(C2)N3)cc1Cl. The highest BCUT2D eigenvalue weighted by Gasteiger charge is 2.33. The molecule has 3 heteroatoms. The predicted octanol–water partition coefficient (Wildman–Crippen LogP) is 3.99. The molecule has 2 aliphatic heterocycles. The Morgan fingerprint density at radius 3 is 2.31 bits per heavy atom. The lowest BCUT2D eigenvalue weighted by molar-refractivity contribution is 0.363. The molecule has 1 aromatic rings. The van der Waals surface area contributed by atoms with Gasteiger partial charge in [-0.05, 0) is 49.3 Å². The molecule has 3 rings (SSSR count). The minimum Gasteiger partial charge on any atom is -0.311 e. The monoisotopic (exact) mass is 255 g/mol. The molecule has 0 saturated carbocycles. The van der Waals surface area contributed by atoms with E-state index in [1.807, 2.05) is 12.1 Å². The number of benzene rings is 1. The van der Waals surface area contributed by atoms with Gasteiger partial charge in [-0.15, -0.1) is 0 Å². The van der Waals surface area contributed by atoms with Crippen LogP contribution < -0.4 is 5.32 Å². The zero-order valence-electron chi connectivity index (χ0n) is 9.05. The van der Waals surface area contributed by atoms with Gasteiger partial charge in [0.2, 0.25) is 0 Å². The molecule has 2 heterocycles. The summed E-state index contributed by atoms with van der Waals surface area (Å²) < 4.78 is 0. The highest BCUT2D eigenvalue weighted by atomic mass is 35.5. The maximum Gasteiger partial charge on any atom is 0.0595 e. The lowest BCUT2D eigenvalue weighted by Crippen LogP contribution is -2.37. The minimum absolute atomic E-state index is 0.655. The molecule has 1 aromatic carbocycles. The van der Waals surface area contributed by atoms with Crippen molar-refractivity contribution in [3.63, 3.8) is 0 Å². The van der Waals surface area contributed by atoms with Crippen LogP contribution in [0.2, 0.25) is 10.0 Å². The van der Waals surface area contributed by atoms with Crippen LogP contribution in [0.25, 0.3) is 0 Å². The van der Waals surface area contributed by atoms with Gasteiger partial charge in [-0.1, -0.05) is 29.3 Å². The van der Waals surface area contributed by atoms with E-state index < -0.39 is 0 Å². The second-order valence-electron chi connectivity index (χ2n) is 4.98. The van der Waals surface area contributed by atoms with E-state index in [0.717, 1.165) is 12.1 Å². The maximum absolute atomic E-state index is 6.07. The van der Waals surface area contributed by atoms with Crippen LogP contribution in [0.3, 0.4) is 0 Å². The summed E-state index contributed by atoms with van der Waals surface area (Å²) in [5.74, 6) is 0.661. The fraction of sp³-hybridized carbons (Fsp3) is 0.538. The molecule has 0 spiro atoms. The largest absolute Gasteiger partial charge is 0.311 e. The average Bonchev–Trinajstić information content (AvgIpc) is 2.62. The Morgan fingerprint density at radius 2 is 1.69 bits per heavy atom. The second kappa shape index (κ2) is 4.21. The fourth-order valence-electron chi connectivity index (χ4n) is 3.10. The summed E-state index contributed by atoms with van der Waals surface area (Å²) in [6.45, 7) is 0. The van der Waals surface area contributed by atoms with Crippen molar-refractivity contribution in [1.82, 2.24) is 5.32 Å². The van der Waals surface area contributed by atoms with Gasteiger partial charge in [-0.25, -0.2) is 0 Å². The number of halogens is 2. The summed E-state index contributed by atoms with van der Waals surface area (Å²) in [5.41, 5.74) is 1.35. The molecular formula is C13H15Cl2N. The normalized spacial score (nSPS) is 33.0. The van der Waals surface area contributed by atoms with Gasteiger partial charge in [-0.3, -0.25) is 0 Å². The summed E-state index contributed by atoms with van der Waals surface area (Å²) in [5, 5.41) is 5.00. The van der Waals surface area contributed by atoms with Crippen molar-refractivity contribution in [2.45, 2.75) is 43.7 Å². The lowest BCUT2D eigenvalue weighted by Gasteiger charge is -2.29. The van der Waals surface area contributed by atoms with Crippen LogP contribution in [0.5, 0.6) is 0 Å². The molecular weight excluding hydrogens is 241 g/mol. The van der Waals surface area contributed by atoms with E-state index >= 15 is 0 Å². The first-order valence-corrected chi connectivity index (χ1v) is 6.69. The third kappa shape index (κ3) is 1.97. The number of piperidine rings is 1. The second-order valence-corrected chi connectivity index (χ2v) is 5.79. The number of hydrogen-bond acceptors (Lipinski definition) is 1. The Labute approximate surface area is 106 Å². The highest BCUT2D eigenvalue weighted by molar-refractivity contribution is 6.42. The summed E-state index contributed by atoms with van der Waals surface area (Å²) >= 11 is 12.0. The van der Waals surface area contributed by atoms with Crippen LogP contribution in [0.4, 0.5) is 0 Å². The third-order valence-corrected chi connectivity index (χ3v) is 4.63. The van der Waals surface area contributed by atoms with Crippen LogP contribution in [0, 0.1) is 0 Å². The van der Waals surface area contributed by atoms with Crippen LogP contribution in [-0.4, -0.2) is 12.1 Å². The average molecular weight is 256 g/mol. The minimum atomic E-state index is 0.655. The van der Waals surface area contributed by atoms with E-state index in [4.69, 9.17) is 23.2 Å². The summed E-state index contributed by atoms with van der Waals surface area (Å²) in [7, 11) is 0. The standard InChI is InChI=1S/C13H15Cl2N/c14-12-4-1-8(7-13(12)15)9-5-10-2-3-11(6-9)16-10/h1,4,7,9-11,16H,2-3,5-6H2. The van der Waals surface area contributed by atoms with Crippen molar-refractivity contribution in [3.05, 3.63) is 33.8 Å². The van der Waals surface area contributed by atoms with Gasteiger partial charge in [0.1, 0.15) is 0 Å². The first kappa shape index (κ1) is 10.9. The Bertz CT molecular complexity index is 393. The number of hydrogen-bond donors (Lipinski definition) is 1. The molecule has 0 aliphatic carbocycles. The van der Waals surface area contributed by atoms with Gasteiger partial charge < -0.3 is 5.32 Å². The number of nitrogens with one attached hydrogen (secondary N) is 1. The molecule has 0 radical (unpaired) electrons. The van der Waals surface area contributed by atoms with Gasteiger partial charge >= 0.3 is 0 Å². The molecule has 16 heavy (non-hydrogen) atoms. The Kier molecular flexibility index (Phi) is 2.87. The topological polar surface area (TPSA) is 12.0 Å². The van der Waals surface area contributed by atoms with E-state index in [1.165, 1.54) is 31.2 Å². The smallest absolute Gasteiger partial charge is 0.0595 e. The lowest BCUT2D eigenvalue weighted by atomic mass is 9.86. The highest BCUT2D eigenvalue weighted by Crippen LogP contribution is 2.38. The third-order valence-electron chi connectivity index (χ3n) is 3.89. The zero-order valence-corrected chi connectivity index (χ0v) is 10.6. The van der Waals surface area contributed by atoms with Gasteiger partial charge in [-0.2, -0.15) is 0 Å². The molecule has 2 unspecified atom stereocenters. The van der Waals surface area contributed by atoms with Crippen molar-refractivity contribution in [1.29, 1.82) is 0 Å². The number of rotatable bonds is 1. The van der Waals surface area contributed by atoms with Crippen LogP contribution in [0.1, 0.15) is 37.2 Å². The predicted molar refractivity (Wildman–Crippen MR) is 68.4 cm³/mol. The van der Waals surface area contributed by atoms with Crippen molar-refractivity contribution >= 4 is 23.2 Å². The summed E-state index contributed by atoms with van der Waals surface area (Å²) in [6, 6.07) is 7.53. The van der Waals surface area contributed by atoms with Crippen molar-refractivity contribution in [3.8, 4) is 0 Å². The number of fused-ring (bicyclic) bond motifs is 2. The Hall–Kier alpha value is -0.240. The molecule has 2 aliphatic rings. The molecule has 0 amide bonds. The van der Waals surface area contributed by atoms with Gasteiger partial charge in [0.05, 0.1) is 10.0 Å². The zero-order chi connectivity index (χ0) is 11.1. The van der Waals surface area contributed by atoms with E-state index in [1.54, 1.807) is 0 Å². The molecule has 1 N–H and O–H groups in total. The van der Waals surface area contributed by atoms with E-state index in [0.29, 0.717) is 16.0 Å². The molecule has 86 valence electrons. The Balaban J connectivity index is 1.84. The molecule has 2 atom stereocenters. The van der Waals surface area contributed by atoms with Crippen LogP contribution >= 0.6 is 23.2 Å². The van der Waals surface area contributed by atoms with Gasteiger partial charge in [0.25, 0.3) is 0 Å². The maximum atomic E-state index is 6.07. The van der Waals surface area contributed by atoms with Gasteiger partial charge in [0, 0.05) is 12.1 Å². The van der Waals surface area contributed by atoms with E-state index in [9.17, 15) is 0 Å². The Morgan fingerprint density at radius 1 is 1.00 bits per heavy atom. The molecule has 2 fully saturated rings. The van der Waals surface area contributed by atoms with Crippen molar-refractivity contribution < 1.29 is 0 Å². The van der Waals surface area contributed by atoms with Crippen LogP contribution in [-0.2, 0) is 0 Å². The van der Waals surface area contributed by atoms with E-state index in [2.05, 4.69) is 11.4 Å². The van der Waals surface area contributed by atoms with Crippen molar-refractivity contribution in [2.75, 3.05) is 0 Å². The first-order chi connectivity index (χ1) is 7.72. The first-order valence-electron chi connectivity index (χ1n) is 5.93. The molecule has 2 bridgehead atoms. The molecule has 2 saturated heterocycles. The van der Waals surface area contributed by atoms with Gasteiger partial charge in [0.15, 0.2) is 0 Å². The summed E-state index contributed by atoms with van der Waals surface area (Å²) in [4.78, 5) is 0. The van der Waals surface area contributed by atoms with E-state index in [-0.39, 0.29) is 0 Å². The fourth-order valence-corrected chi connectivity index (χ4v) is 3.40. The molecule has 0 aromatic heterocycles. The molecule has 1 nitrogen and oxygen atoms in total.